The van der Waals surface area contributed by atoms with E-state index in [0.29, 0.717) is 35.4 Å². The molecule has 36 heavy (non-hydrogen) atoms. The molecule has 3 heterocycles. The Hall–Kier alpha value is -3.08. The van der Waals surface area contributed by atoms with E-state index in [1.54, 1.807) is 24.3 Å². The summed E-state index contributed by atoms with van der Waals surface area (Å²) < 4.78 is 20.7. The van der Waals surface area contributed by atoms with Crippen molar-refractivity contribution >= 4 is 37.0 Å². The lowest BCUT2D eigenvalue weighted by atomic mass is 10.1. The van der Waals surface area contributed by atoms with Gasteiger partial charge in [0.15, 0.2) is 8.32 Å². The minimum absolute atomic E-state index is 0.0366. The number of ether oxygens (including phenoxy) is 2. The number of carbonyl (C=O) groups excluding carboxylic acids is 2. The summed E-state index contributed by atoms with van der Waals surface area (Å²) in [5, 5.41) is 3.48. The fourth-order valence-electron chi connectivity index (χ4n) is 3.90. The summed E-state index contributed by atoms with van der Waals surface area (Å²) in [6, 6.07) is 10.8. The number of benzene rings is 1. The molecule has 9 nitrogen and oxygen atoms in total. The Kier molecular flexibility index (Phi) is 7.30. The van der Waals surface area contributed by atoms with Crippen molar-refractivity contribution in [3.05, 3.63) is 54.5 Å². The van der Waals surface area contributed by atoms with Crippen LogP contribution in [0.4, 0.5) is 5.82 Å². The van der Waals surface area contributed by atoms with Gasteiger partial charge in [0.2, 0.25) is 5.91 Å². The Labute approximate surface area is 212 Å². The van der Waals surface area contributed by atoms with Crippen LogP contribution in [0, 0.1) is 0 Å². The predicted octanol–water partition coefficient (Wildman–Crippen LogP) is 4.92. The van der Waals surface area contributed by atoms with Gasteiger partial charge < -0.3 is 23.8 Å². The number of hydrogen-bond donors (Lipinski definition) is 1. The van der Waals surface area contributed by atoms with Crippen molar-refractivity contribution in [1.29, 1.82) is 0 Å². The van der Waals surface area contributed by atoms with Gasteiger partial charge in [0.25, 0.3) is 0 Å². The maximum absolute atomic E-state index is 12.9. The average molecular weight is 511 g/mol. The Bertz CT molecular complexity index is 1240. The van der Waals surface area contributed by atoms with E-state index in [1.807, 2.05) is 22.9 Å². The molecule has 3 aromatic rings. The highest BCUT2D eigenvalue weighted by atomic mass is 28.4. The van der Waals surface area contributed by atoms with Gasteiger partial charge in [-0.3, -0.25) is 4.79 Å². The van der Waals surface area contributed by atoms with Gasteiger partial charge in [-0.1, -0.05) is 39.0 Å². The monoisotopic (exact) mass is 510 g/mol. The lowest BCUT2D eigenvalue weighted by Crippen LogP contribution is -2.44. The molecular formula is C26H34N4O5Si. The minimum Gasteiger partial charge on any atom is -0.456 e. The molecule has 0 bridgehead atoms. The molecule has 0 aliphatic carbocycles. The van der Waals surface area contributed by atoms with Gasteiger partial charge in [0.05, 0.1) is 17.6 Å². The van der Waals surface area contributed by atoms with E-state index >= 15 is 0 Å². The maximum Gasteiger partial charge on any atom is 0.338 e. The van der Waals surface area contributed by atoms with Crippen molar-refractivity contribution < 1.29 is 23.5 Å². The van der Waals surface area contributed by atoms with Crippen molar-refractivity contribution in [2.45, 2.75) is 70.7 Å². The molecule has 0 spiro atoms. The number of nitrogens with one attached hydrogen (secondary N) is 1. The van der Waals surface area contributed by atoms with Crippen LogP contribution in [0.2, 0.25) is 18.1 Å². The normalized spacial score (nSPS) is 20.4. The summed E-state index contributed by atoms with van der Waals surface area (Å²) in [4.78, 5) is 33.1. The zero-order valence-corrected chi connectivity index (χ0v) is 22.6. The number of esters is 1. The highest BCUT2D eigenvalue weighted by Crippen LogP contribution is 2.39. The first kappa shape index (κ1) is 26.0. The van der Waals surface area contributed by atoms with Gasteiger partial charge in [0.1, 0.15) is 36.2 Å². The van der Waals surface area contributed by atoms with Gasteiger partial charge in [-0.15, -0.1) is 0 Å². The third kappa shape index (κ3) is 5.50. The number of fused-ring (bicyclic) bond motifs is 1. The molecule has 1 aromatic carbocycles. The number of carbonyl (C=O) groups is 2. The lowest BCUT2D eigenvalue weighted by molar-refractivity contribution is -0.114. The number of hydrogen-bond acceptors (Lipinski definition) is 7. The van der Waals surface area contributed by atoms with Crippen LogP contribution in [0.3, 0.4) is 0 Å². The van der Waals surface area contributed by atoms with Gasteiger partial charge in [0, 0.05) is 19.5 Å². The fraction of sp³-hybridized carbons (Fsp3) is 0.462. The van der Waals surface area contributed by atoms with Gasteiger partial charge in [-0.25, -0.2) is 14.8 Å². The Morgan fingerprint density at radius 2 is 1.89 bits per heavy atom. The molecule has 1 amide bonds. The summed E-state index contributed by atoms with van der Waals surface area (Å²) in [5.41, 5.74) is 1.11. The van der Waals surface area contributed by atoms with E-state index in [2.05, 4.69) is 49.1 Å². The molecule has 192 valence electrons. The SMILES string of the molecule is CC(=O)Nc1ncnc2c1ccn2[C@H]1C[C@@H](OC(=O)c2ccccc2)[C@@H](CO[Si](C)(C)C(C)(C)C)O1. The molecule has 1 aliphatic heterocycles. The van der Waals surface area contributed by atoms with Crippen molar-refractivity contribution in [1.82, 2.24) is 14.5 Å². The van der Waals surface area contributed by atoms with E-state index in [0.717, 1.165) is 0 Å². The summed E-state index contributed by atoms with van der Waals surface area (Å²) in [6.45, 7) is 12.7. The van der Waals surface area contributed by atoms with E-state index in [9.17, 15) is 9.59 Å². The van der Waals surface area contributed by atoms with Crippen LogP contribution in [-0.2, 0) is 18.7 Å². The molecule has 1 N–H and O–H groups in total. The molecule has 10 heteroatoms. The molecule has 0 radical (unpaired) electrons. The van der Waals surface area contributed by atoms with Gasteiger partial charge in [-0.2, -0.15) is 0 Å². The molecule has 0 unspecified atom stereocenters. The summed E-state index contributed by atoms with van der Waals surface area (Å²) in [5.74, 6) is -0.167. The van der Waals surface area contributed by atoms with Crippen LogP contribution in [0.1, 0.15) is 50.7 Å². The van der Waals surface area contributed by atoms with Crippen LogP contribution < -0.4 is 5.32 Å². The first-order valence-electron chi connectivity index (χ1n) is 12.1. The third-order valence-electron chi connectivity index (χ3n) is 6.98. The first-order chi connectivity index (χ1) is 17.0. The van der Waals surface area contributed by atoms with Gasteiger partial charge in [-0.05, 0) is 36.3 Å². The van der Waals surface area contributed by atoms with E-state index in [1.165, 1.54) is 13.3 Å². The van der Waals surface area contributed by atoms with E-state index in [-0.39, 0.29) is 10.9 Å². The first-order valence-corrected chi connectivity index (χ1v) is 15.0. The molecule has 1 saturated heterocycles. The van der Waals surface area contributed by atoms with Gasteiger partial charge >= 0.3 is 5.97 Å². The van der Waals surface area contributed by atoms with Crippen molar-refractivity contribution in [2.75, 3.05) is 11.9 Å². The number of anilines is 1. The van der Waals surface area contributed by atoms with Crippen molar-refractivity contribution in [3.8, 4) is 0 Å². The van der Waals surface area contributed by atoms with Crippen LogP contribution in [0.15, 0.2) is 48.9 Å². The lowest BCUT2D eigenvalue weighted by Gasteiger charge is -2.37. The molecule has 1 fully saturated rings. The molecular weight excluding hydrogens is 476 g/mol. The Morgan fingerprint density at radius 3 is 2.56 bits per heavy atom. The van der Waals surface area contributed by atoms with E-state index in [4.69, 9.17) is 13.9 Å². The standard InChI is InChI=1S/C26H34N4O5Si/c1-17(31)29-23-19-12-13-30(24(19)28-16-27-23)22-14-20(35-25(32)18-10-8-7-9-11-18)21(34-22)15-33-36(5,6)26(2,3)4/h7-13,16,20-22H,14-15H2,1-6H3,(H,27,28,29,31)/t20-,21-,22-/m1/s1. The molecule has 3 atom stereocenters. The highest BCUT2D eigenvalue weighted by molar-refractivity contribution is 6.74. The topological polar surface area (TPSA) is 105 Å². The predicted molar refractivity (Wildman–Crippen MR) is 139 cm³/mol. The van der Waals surface area contributed by atoms with Crippen LogP contribution >= 0.6 is 0 Å². The largest absolute Gasteiger partial charge is 0.456 e. The quantitative estimate of drug-likeness (QED) is 0.355. The van der Waals surface area contributed by atoms with Crippen molar-refractivity contribution in [3.63, 3.8) is 0 Å². The fourth-order valence-corrected chi connectivity index (χ4v) is 4.92. The minimum atomic E-state index is -2.05. The van der Waals surface area contributed by atoms with E-state index < -0.39 is 32.7 Å². The zero-order valence-electron chi connectivity index (χ0n) is 21.6. The second-order valence-electron chi connectivity index (χ2n) is 10.6. The smallest absolute Gasteiger partial charge is 0.338 e. The second kappa shape index (κ2) is 10.1. The summed E-state index contributed by atoms with van der Waals surface area (Å²) in [6.07, 6.45) is 2.33. The van der Waals surface area contributed by atoms with Crippen LogP contribution in [0.25, 0.3) is 11.0 Å². The average Bonchev–Trinajstić information content (AvgIpc) is 3.42. The van der Waals surface area contributed by atoms with Crippen LogP contribution in [0.5, 0.6) is 0 Å². The Balaban J connectivity index is 1.59. The molecule has 0 saturated carbocycles. The van der Waals surface area contributed by atoms with Crippen molar-refractivity contribution in [2.24, 2.45) is 0 Å². The maximum atomic E-state index is 12.9. The zero-order chi connectivity index (χ0) is 26.1. The molecule has 4 rings (SSSR count). The number of aromatic nitrogens is 3. The number of nitrogens with zero attached hydrogens (tertiary/aromatic N) is 3. The molecule has 2 aromatic heterocycles. The summed E-state index contributed by atoms with van der Waals surface area (Å²) in [7, 11) is -2.05. The third-order valence-corrected chi connectivity index (χ3v) is 11.5. The van der Waals surface area contributed by atoms with Crippen LogP contribution in [-0.4, -0.2) is 53.5 Å². The number of amides is 1. The highest BCUT2D eigenvalue weighted by Gasteiger charge is 2.43. The molecule has 1 aliphatic rings. The Morgan fingerprint density at radius 1 is 1.17 bits per heavy atom. The summed E-state index contributed by atoms with van der Waals surface area (Å²) >= 11 is 0. The second-order valence-corrected chi connectivity index (χ2v) is 15.4. The number of rotatable bonds is 7.